The van der Waals surface area contributed by atoms with Crippen molar-refractivity contribution < 1.29 is 0 Å². The SMILES string of the molecule is CC(CCBr)CCn1ncc(N2CCN(C)CC2)cc1=O. The lowest BCUT2D eigenvalue weighted by molar-refractivity contribution is 0.312. The highest BCUT2D eigenvalue weighted by Gasteiger charge is 2.15. The zero-order valence-electron chi connectivity index (χ0n) is 13.0. The highest BCUT2D eigenvalue weighted by atomic mass is 79.9. The minimum Gasteiger partial charge on any atom is -0.368 e. The van der Waals surface area contributed by atoms with E-state index in [-0.39, 0.29) is 5.56 Å². The zero-order chi connectivity index (χ0) is 15.2. The van der Waals surface area contributed by atoms with Crippen LogP contribution in [-0.4, -0.2) is 53.2 Å². The van der Waals surface area contributed by atoms with Gasteiger partial charge in [-0.25, -0.2) is 4.68 Å². The Kier molecular flexibility index (Phi) is 6.23. The molecule has 2 heterocycles. The van der Waals surface area contributed by atoms with Crippen LogP contribution in [0.4, 0.5) is 5.69 Å². The number of alkyl halides is 1. The van der Waals surface area contributed by atoms with Gasteiger partial charge in [-0.2, -0.15) is 5.10 Å². The number of hydrogen-bond donors (Lipinski definition) is 0. The van der Waals surface area contributed by atoms with Crippen molar-refractivity contribution in [3.05, 3.63) is 22.6 Å². The Morgan fingerprint density at radius 3 is 2.62 bits per heavy atom. The van der Waals surface area contributed by atoms with E-state index in [9.17, 15) is 4.79 Å². The van der Waals surface area contributed by atoms with E-state index in [1.165, 1.54) is 0 Å². The second-order valence-electron chi connectivity index (χ2n) is 5.94. The van der Waals surface area contributed by atoms with E-state index in [4.69, 9.17) is 0 Å². The third kappa shape index (κ3) is 4.81. The van der Waals surface area contributed by atoms with Crippen LogP contribution in [0.2, 0.25) is 0 Å². The zero-order valence-corrected chi connectivity index (χ0v) is 14.5. The first-order valence-electron chi connectivity index (χ1n) is 7.67. The van der Waals surface area contributed by atoms with Crippen LogP contribution in [0.15, 0.2) is 17.1 Å². The molecule has 5 nitrogen and oxygen atoms in total. The molecule has 0 bridgehead atoms. The molecule has 1 fully saturated rings. The minimum atomic E-state index is 0.0115. The Labute approximate surface area is 135 Å². The maximum atomic E-state index is 12.2. The van der Waals surface area contributed by atoms with Gasteiger partial charge in [-0.05, 0) is 25.8 Å². The smallest absolute Gasteiger partial charge is 0.268 e. The first-order chi connectivity index (χ1) is 10.1. The van der Waals surface area contributed by atoms with E-state index >= 15 is 0 Å². The molecule has 0 aliphatic carbocycles. The average molecular weight is 357 g/mol. The molecule has 0 aromatic carbocycles. The van der Waals surface area contributed by atoms with Crippen molar-refractivity contribution >= 4 is 21.6 Å². The van der Waals surface area contributed by atoms with Gasteiger partial charge in [0.25, 0.3) is 5.56 Å². The van der Waals surface area contributed by atoms with Gasteiger partial charge in [0.2, 0.25) is 0 Å². The predicted molar refractivity (Wildman–Crippen MR) is 90.4 cm³/mol. The summed E-state index contributed by atoms with van der Waals surface area (Å²) in [4.78, 5) is 16.7. The molecule has 1 atom stereocenters. The molecule has 0 N–H and O–H groups in total. The molecule has 0 radical (unpaired) electrons. The standard InChI is InChI=1S/C15H25BrN4O/c1-13(3-5-16)4-6-20-15(21)11-14(12-17-20)19-9-7-18(2)8-10-19/h11-13H,3-10H2,1-2H3. The number of halogens is 1. The van der Waals surface area contributed by atoms with E-state index in [1.807, 2.05) is 6.20 Å². The molecule has 1 unspecified atom stereocenters. The average Bonchev–Trinajstić information content (AvgIpc) is 2.47. The number of hydrogen-bond acceptors (Lipinski definition) is 4. The van der Waals surface area contributed by atoms with Gasteiger partial charge in [-0.1, -0.05) is 22.9 Å². The van der Waals surface area contributed by atoms with Gasteiger partial charge in [0.1, 0.15) is 0 Å². The second kappa shape index (κ2) is 7.94. The summed E-state index contributed by atoms with van der Waals surface area (Å²) in [5, 5.41) is 5.35. The van der Waals surface area contributed by atoms with Crippen LogP contribution in [-0.2, 0) is 6.54 Å². The first-order valence-corrected chi connectivity index (χ1v) is 8.79. The lowest BCUT2D eigenvalue weighted by Crippen LogP contribution is -2.45. The molecule has 0 saturated carbocycles. The monoisotopic (exact) mass is 356 g/mol. The Bertz CT molecular complexity index is 497. The number of anilines is 1. The number of likely N-dealkylation sites (N-methyl/N-ethyl adjacent to an activating group) is 1. The van der Waals surface area contributed by atoms with Crippen LogP contribution < -0.4 is 10.5 Å². The maximum absolute atomic E-state index is 12.2. The number of rotatable bonds is 6. The summed E-state index contributed by atoms with van der Waals surface area (Å²) in [6.45, 7) is 6.91. The predicted octanol–water partition coefficient (Wildman–Crippen LogP) is 1.81. The Balaban J connectivity index is 1.96. The van der Waals surface area contributed by atoms with E-state index < -0.39 is 0 Å². The van der Waals surface area contributed by atoms with Crippen molar-refractivity contribution in [1.82, 2.24) is 14.7 Å². The molecule has 6 heteroatoms. The van der Waals surface area contributed by atoms with E-state index in [0.29, 0.717) is 12.5 Å². The van der Waals surface area contributed by atoms with Gasteiger partial charge in [0, 0.05) is 44.1 Å². The molecule has 1 aliphatic heterocycles. The van der Waals surface area contributed by atoms with Crippen LogP contribution in [0, 0.1) is 5.92 Å². The Morgan fingerprint density at radius 2 is 2.00 bits per heavy atom. The fourth-order valence-electron chi connectivity index (χ4n) is 2.50. The molecule has 21 heavy (non-hydrogen) atoms. The third-order valence-corrected chi connectivity index (χ3v) is 4.62. The van der Waals surface area contributed by atoms with Crippen molar-refractivity contribution in [2.45, 2.75) is 26.3 Å². The van der Waals surface area contributed by atoms with Crippen molar-refractivity contribution in [2.75, 3.05) is 43.5 Å². The van der Waals surface area contributed by atoms with Gasteiger partial charge >= 0.3 is 0 Å². The second-order valence-corrected chi connectivity index (χ2v) is 6.73. The molecule has 1 aromatic rings. The molecular weight excluding hydrogens is 332 g/mol. The van der Waals surface area contributed by atoms with Crippen molar-refractivity contribution in [1.29, 1.82) is 0 Å². The fourth-order valence-corrected chi connectivity index (χ4v) is 3.28. The van der Waals surface area contributed by atoms with Crippen molar-refractivity contribution in [3.8, 4) is 0 Å². The summed E-state index contributed by atoms with van der Waals surface area (Å²) in [6, 6.07) is 1.73. The fraction of sp³-hybridized carbons (Fsp3) is 0.733. The topological polar surface area (TPSA) is 41.4 Å². The molecule has 1 saturated heterocycles. The summed E-state index contributed by atoms with van der Waals surface area (Å²) in [7, 11) is 2.13. The number of aromatic nitrogens is 2. The van der Waals surface area contributed by atoms with Gasteiger partial charge in [0.15, 0.2) is 0 Å². The molecular formula is C15H25BrN4O. The number of nitrogens with zero attached hydrogens (tertiary/aromatic N) is 4. The minimum absolute atomic E-state index is 0.0115. The van der Waals surface area contributed by atoms with Crippen LogP contribution in [0.25, 0.3) is 0 Å². The molecule has 1 aliphatic rings. The number of aryl methyl sites for hydroxylation is 1. The molecule has 2 rings (SSSR count). The summed E-state index contributed by atoms with van der Waals surface area (Å²) in [5.74, 6) is 0.607. The largest absolute Gasteiger partial charge is 0.368 e. The van der Waals surface area contributed by atoms with Gasteiger partial charge < -0.3 is 9.80 Å². The van der Waals surface area contributed by atoms with Crippen LogP contribution in [0.5, 0.6) is 0 Å². The molecule has 1 aromatic heterocycles. The van der Waals surface area contributed by atoms with Crippen molar-refractivity contribution in [3.63, 3.8) is 0 Å². The van der Waals surface area contributed by atoms with Gasteiger partial charge in [-0.3, -0.25) is 4.79 Å². The van der Waals surface area contributed by atoms with Gasteiger partial charge in [0.05, 0.1) is 11.9 Å². The third-order valence-electron chi connectivity index (χ3n) is 4.16. The molecule has 0 amide bonds. The van der Waals surface area contributed by atoms with Crippen LogP contribution in [0.3, 0.4) is 0 Å². The highest BCUT2D eigenvalue weighted by Crippen LogP contribution is 2.13. The maximum Gasteiger partial charge on any atom is 0.268 e. The van der Waals surface area contributed by atoms with Crippen LogP contribution >= 0.6 is 15.9 Å². The summed E-state index contributed by atoms with van der Waals surface area (Å²) in [5.41, 5.74) is 0.968. The summed E-state index contributed by atoms with van der Waals surface area (Å²) < 4.78 is 1.59. The van der Waals surface area contributed by atoms with E-state index in [2.05, 4.69) is 44.8 Å². The normalized spacial score (nSPS) is 18.0. The lowest BCUT2D eigenvalue weighted by Gasteiger charge is -2.33. The molecule has 0 spiro atoms. The first kappa shape index (κ1) is 16.5. The quantitative estimate of drug-likeness (QED) is 0.729. The number of piperazine rings is 1. The highest BCUT2D eigenvalue weighted by molar-refractivity contribution is 9.09. The summed E-state index contributed by atoms with van der Waals surface area (Å²) in [6.07, 6.45) is 3.96. The Hall–Kier alpha value is -0.880. The van der Waals surface area contributed by atoms with Gasteiger partial charge in [-0.15, -0.1) is 0 Å². The molecule has 118 valence electrons. The Morgan fingerprint density at radius 1 is 1.29 bits per heavy atom. The van der Waals surface area contributed by atoms with E-state index in [0.717, 1.165) is 50.0 Å². The van der Waals surface area contributed by atoms with E-state index in [1.54, 1.807) is 10.7 Å². The lowest BCUT2D eigenvalue weighted by atomic mass is 10.1. The summed E-state index contributed by atoms with van der Waals surface area (Å²) >= 11 is 3.46. The van der Waals surface area contributed by atoms with Crippen molar-refractivity contribution in [2.24, 2.45) is 5.92 Å². The van der Waals surface area contributed by atoms with Crippen LogP contribution in [0.1, 0.15) is 19.8 Å².